The molecule has 9 heteroatoms. The number of hydrogen-bond donors (Lipinski definition) is 4. The molecule has 4 N–H and O–H groups in total. The Morgan fingerprint density at radius 3 is 1.22 bits per heavy atom. The van der Waals surface area contributed by atoms with Crippen molar-refractivity contribution in [2.45, 2.75) is 219 Å². The van der Waals surface area contributed by atoms with Gasteiger partial charge in [0, 0.05) is 12.8 Å². The van der Waals surface area contributed by atoms with Crippen LogP contribution in [-0.4, -0.2) is 70.4 Å². The normalized spacial score (nSPS) is 12.4. The average molecular weight is 729 g/mol. The van der Waals surface area contributed by atoms with Crippen LogP contribution in [0.5, 0.6) is 0 Å². The van der Waals surface area contributed by atoms with Gasteiger partial charge in [0.1, 0.15) is 12.7 Å². The summed E-state index contributed by atoms with van der Waals surface area (Å²) < 4.78 is 9.29. The number of esters is 3. The molecule has 0 aliphatic heterocycles. The molecule has 0 aromatic rings. The second-order valence-corrected chi connectivity index (χ2v) is 14.0. The van der Waals surface area contributed by atoms with E-state index in [-0.39, 0.29) is 25.6 Å². The molecule has 0 rings (SSSR count). The minimum atomic E-state index is -1.62. The number of allylic oxidation sites excluding steroid dienone is 2. The summed E-state index contributed by atoms with van der Waals surface area (Å²) in [6, 6.07) is 0. The lowest BCUT2D eigenvalue weighted by Crippen LogP contribution is -2.28. The van der Waals surface area contributed by atoms with Crippen molar-refractivity contribution >= 4 is 17.9 Å². The Labute approximate surface area is 312 Å². The average Bonchev–Trinajstić information content (AvgIpc) is 3.13. The van der Waals surface area contributed by atoms with Gasteiger partial charge < -0.3 is 29.9 Å². The van der Waals surface area contributed by atoms with Crippen molar-refractivity contribution in [3.05, 3.63) is 12.2 Å². The second kappa shape index (κ2) is 42.6. The van der Waals surface area contributed by atoms with Gasteiger partial charge in [-0.2, -0.15) is 0 Å². The van der Waals surface area contributed by atoms with Gasteiger partial charge in [0.05, 0.1) is 13.2 Å². The summed E-state index contributed by atoms with van der Waals surface area (Å²) in [5.41, 5.74) is 0. The summed E-state index contributed by atoms with van der Waals surface area (Å²) in [4.78, 5) is 33.8. The molecule has 0 aromatic carbocycles. The molecule has 2 atom stereocenters. The van der Waals surface area contributed by atoms with Gasteiger partial charge in [0.2, 0.25) is 0 Å². The Bertz CT molecular complexity index is 786. The van der Waals surface area contributed by atoms with Crippen LogP contribution in [0.2, 0.25) is 0 Å². The van der Waals surface area contributed by atoms with Gasteiger partial charge >= 0.3 is 17.9 Å². The van der Waals surface area contributed by atoms with E-state index in [0.29, 0.717) is 12.8 Å². The fraction of sp³-hybridized carbons (Fsp3) is 0.881. The third kappa shape index (κ3) is 42.5. The fourth-order valence-corrected chi connectivity index (χ4v) is 5.60. The first-order valence-corrected chi connectivity index (χ1v) is 20.9. The first-order valence-electron chi connectivity index (χ1n) is 20.9. The van der Waals surface area contributed by atoms with Crippen LogP contribution in [0.25, 0.3) is 0 Å². The van der Waals surface area contributed by atoms with Gasteiger partial charge in [-0.15, -0.1) is 0 Å². The molecule has 0 aromatic heterocycles. The Hall–Kier alpha value is -1.81. The third-order valence-electron chi connectivity index (χ3n) is 8.93. The molecule has 0 saturated carbocycles. The largest absolute Gasteiger partial charge is 0.463 e. The second-order valence-electron chi connectivity index (χ2n) is 14.0. The Balaban J connectivity index is 0. The highest BCUT2D eigenvalue weighted by Crippen LogP contribution is 2.14. The smallest absolute Gasteiger partial charge is 0.345 e. The van der Waals surface area contributed by atoms with Crippen molar-refractivity contribution in [1.82, 2.24) is 0 Å². The number of rotatable bonds is 36. The molecule has 51 heavy (non-hydrogen) atoms. The van der Waals surface area contributed by atoms with Crippen molar-refractivity contribution in [3.8, 4) is 0 Å². The molecule has 0 spiro atoms. The fourth-order valence-electron chi connectivity index (χ4n) is 5.60. The van der Waals surface area contributed by atoms with Gasteiger partial charge in [0.15, 0.2) is 6.10 Å². The summed E-state index contributed by atoms with van der Waals surface area (Å²) >= 11 is 0. The van der Waals surface area contributed by atoms with Gasteiger partial charge in [-0.1, -0.05) is 167 Å². The van der Waals surface area contributed by atoms with Crippen molar-refractivity contribution in [3.63, 3.8) is 0 Å². The van der Waals surface area contributed by atoms with Crippen LogP contribution < -0.4 is 0 Å². The molecule has 9 nitrogen and oxygen atoms in total. The summed E-state index contributed by atoms with van der Waals surface area (Å²) in [6.45, 7) is 3.29. The standard InChI is InChI=1S/C21H40O5.C21H40O4/c1-2-3-4-5-6-7-8-9-10-11-12-13-14-15-16-17-20(24)26-21(25)19(23)18-22;1-2-3-4-5-6-7-8-9-10-11-12-13-14-15-16-17-21(24)25-19-20(23)18-22/h19,22-23H,2-18H2,1H3;9-10,20,22-23H,2-8,11-19H2,1H3/b;10-9-. The van der Waals surface area contributed by atoms with Crippen LogP contribution in [0, 0.1) is 0 Å². The number of hydrogen-bond acceptors (Lipinski definition) is 9. The van der Waals surface area contributed by atoms with Crippen LogP contribution in [0.1, 0.15) is 206 Å². The van der Waals surface area contributed by atoms with Crippen LogP contribution in [0.4, 0.5) is 0 Å². The number of aliphatic hydroxyl groups is 4. The molecule has 0 bridgehead atoms. The van der Waals surface area contributed by atoms with Crippen LogP contribution in [0.3, 0.4) is 0 Å². The minimum Gasteiger partial charge on any atom is -0.463 e. The molecular weight excluding hydrogens is 648 g/mol. The predicted molar refractivity (Wildman–Crippen MR) is 207 cm³/mol. The van der Waals surface area contributed by atoms with E-state index < -0.39 is 30.8 Å². The predicted octanol–water partition coefficient (Wildman–Crippen LogP) is 9.59. The number of unbranched alkanes of at least 4 members (excludes halogenated alkanes) is 25. The molecule has 0 saturated heterocycles. The number of carbonyl (C=O) groups excluding carboxylic acids is 3. The zero-order valence-electron chi connectivity index (χ0n) is 33.0. The van der Waals surface area contributed by atoms with Gasteiger partial charge in [0.25, 0.3) is 0 Å². The van der Waals surface area contributed by atoms with Crippen LogP contribution in [0.15, 0.2) is 12.2 Å². The van der Waals surface area contributed by atoms with E-state index >= 15 is 0 Å². The molecule has 0 heterocycles. The lowest BCUT2D eigenvalue weighted by Gasteiger charge is -2.08. The molecule has 0 amide bonds. The number of aliphatic hydroxyl groups excluding tert-OH is 4. The van der Waals surface area contributed by atoms with Gasteiger partial charge in [-0.25, -0.2) is 4.79 Å². The van der Waals surface area contributed by atoms with Crippen LogP contribution >= 0.6 is 0 Å². The van der Waals surface area contributed by atoms with Crippen LogP contribution in [-0.2, 0) is 23.9 Å². The molecule has 0 fully saturated rings. The minimum absolute atomic E-state index is 0.111. The first-order chi connectivity index (χ1) is 24.8. The maximum absolute atomic E-state index is 11.4. The zero-order chi connectivity index (χ0) is 38.0. The third-order valence-corrected chi connectivity index (χ3v) is 8.93. The Morgan fingerprint density at radius 1 is 0.490 bits per heavy atom. The number of carbonyl (C=O) groups is 3. The highest BCUT2D eigenvalue weighted by molar-refractivity contribution is 5.87. The summed E-state index contributed by atoms with van der Waals surface area (Å²) in [5.74, 6) is -1.99. The summed E-state index contributed by atoms with van der Waals surface area (Å²) in [5, 5.41) is 35.3. The monoisotopic (exact) mass is 729 g/mol. The molecule has 0 aliphatic rings. The van der Waals surface area contributed by atoms with E-state index in [0.717, 1.165) is 38.5 Å². The zero-order valence-corrected chi connectivity index (χ0v) is 33.0. The molecule has 0 aliphatic carbocycles. The van der Waals surface area contributed by atoms with E-state index in [1.807, 2.05) is 0 Å². The molecule has 302 valence electrons. The van der Waals surface area contributed by atoms with E-state index in [2.05, 4.69) is 30.7 Å². The molecule has 0 radical (unpaired) electrons. The summed E-state index contributed by atoms with van der Waals surface area (Å²) in [6.07, 6.45) is 37.5. The Morgan fingerprint density at radius 2 is 0.843 bits per heavy atom. The molecular formula is C42H80O9. The highest BCUT2D eigenvalue weighted by Gasteiger charge is 2.18. The molecule has 2 unspecified atom stereocenters. The maximum Gasteiger partial charge on any atom is 0.345 e. The van der Waals surface area contributed by atoms with E-state index in [9.17, 15) is 14.4 Å². The van der Waals surface area contributed by atoms with Crippen molar-refractivity contribution in [2.24, 2.45) is 0 Å². The highest BCUT2D eigenvalue weighted by atomic mass is 16.6. The summed E-state index contributed by atoms with van der Waals surface area (Å²) in [7, 11) is 0. The maximum atomic E-state index is 11.4. The van der Waals surface area contributed by atoms with E-state index in [1.165, 1.54) is 135 Å². The van der Waals surface area contributed by atoms with Gasteiger partial charge in [-0.3, -0.25) is 9.59 Å². The lowest BCUT2D eigenvalue weighted by molar-refractivity contribution is -0.167. The van der Waals surface area contributed by atoms with Crippen molar-refractivity contribution in [1.29, 1.82) is 0 Å². The van der Waals surface area contributed by atoms with E-state index in [4.69, 9.17) is 25.2 Å². The van der Waals surface area contributed by atoms with Crippen molar-refractivity contribution in [2.75, 3.05) is 19.8 Å². The quantitative estimate of drug-likeness (QED) is 0.0214. The number of ether oxygens (including phenoxy) is 2. The van der Waals surface area contributed by atoms with E-state index in [1.54, 1.807) is 0 Å². The lowest BCUT2D eigenvalue weighted by atomic mass is 10.0. The SMILES string of the molecule is CCCCCCCC/C=C\CCCCCCCC(=O)OCC(O)CO.CCCCCCCCCCCCCCCCCC(=O)OC(=O)C(O)CO. The Kier molecular flexibility index (Phi) is 42.8. The van der Waals surface area contributed by atoms with Crippen molar-refractivity contribution < 1.29 is 44.3 Å². The van der Waals surface area contributed by atoms with Gasteiger partial charge in [-0.05, 0) is 38.5 Å². The first kappa shape index (κ1) is 51.3. The topological polar surface area (TPSA) is 151 Å².